The molecule has 4 rings (SSSR count). The molecular weight excluding hydrogens is 602 g/mol. The van der Waals surface area contributed by atoms with Crippen LogP contribution in [0.25, 0.3) is 22.5 Å². The normalized spacial score (nSPS) is 9.41. The van der Waals surface area contributed by atoms with E-state index in [2.05, 4.69) is 44.1 Å². The van der Waals surface area contributed by atoms with Gasteiger partial charge in [0, 0.05) is 43.0 Å². The summed E-state index contributed by atoms with van der Waals surface area (Å²) in [5.41, 5.74) is 5.51. The van der Waals surface area contributed by atoms with Crippen molar-refractivity contribution in [2.24, 2.45) is 0 Å². The van der Waals surface area contributed by atoms with Crippen LogP contribution < -0.4 is 0 Å². The van der Waals surface area contributed by atoms with Crippen molar-refractivity contribution in [3.8, 4) is 28.6 Å². The zero-order valence-corrected chi connectivity index (χ0v) is 19.5. The van der Waals surface area contributed by atoms with Crippen molar-refractivity contribution in [1.29, 1.82) is 5.26 Å². The van der Waals surface area contributed by atoms with Crippen LogP contribution in [0.4, 0.5) is 0 Å². The summed E-state index contributed by atoms with van der Waals surface area (Å²) in [7, 11) is 0. The number of benzene rings is 2. The Bertz CT molecular complexity index is 1040. The van der Waals surface area contributed by atoms with Crippen molar-refractivity contribution < 1.29 is 20.1 Å². The zero-order valence-electron chi connectivity index (χ0n) is 15.6. The molecule has 3 nitrogen and oxygen atoms in total. The number of aryl methyl sites for hydroxylation is 1. The Balaban J connectivity index is 0.000000207. The van der Waals surface area contributed by atoms with Crippen molar-refractivity contribution in [3.63, 3.8) is 0 Å². The van der Waals surface area contributed by atoms with Gasteiger partial charge in [-0.3, -0.25) is 0 Å². The molecule has 0 fully saturated rings. The summed E-state index contributed by atoms with van der Waals surface area (Å²) in [6.07, 6.45) is 3.56. The molecule has 0 amide bonds. The van der Waals surface area contributed by atoms with Crippen LogP contribution >= 0.6 is 15.9 Å². The number of aromatic nitrogens is 2. The minimum atomic E-state index is 0. The van der Waals surface area contributed by atoms with E-state index in [0.29, 0.717) is 5.56 Å². The molecule has 2 heterocycles. The van der Waals surface area contributed by atoms with Crippen LogP contribution in [0.1, 0.15) is 11.1 Å². The first kappa shape index (κ1) is 22.6. The Kier molecular flexibility index (Phi) is 8.89. The van der Waals surface area contributed by atoms with E-state index in [9.17, 15) is 0 Å². The second kappa shape index (κ2) is 11.4. The molecule has 0 N–H and O–H groups in total. The maximum atomic E-state index is 8.69. The van der Waals surface area contributed by atoms with Crippen LogP contribution in [0.3, 0.4) is 0 Å². The Morgan fingerprint density at radius 3 is 2.31 bits per heavy atom. The average molecular weight is 619 g/mol. The minimum Gasteiger partial charge on any atom is -0.305 e. The Morgan fingerprint density at radius 1 is 0.931 bits per heavy atom. The van der Waals surface area contributed by atoms with Crippen LogP contribution in [0, 0.1) is 30.4 Å². The predicted octanol–water partition coefficient (Wildman–Crippen LogP) is 6.04. The van der Waals surface area contributed by atoms with Crippen LogP contribution in [0.5, 0.6) is 0 Å². The first-order chi connectivity index (χ1) is 13.7. The monoisotopic (exact) mass is 618 g/mol. The number of nitrogens with zero attached hydrogens (tertiary/aromatic N) is 3. The van der Waals surface area contributed by atoms with Crippen molar-refractivity contribution in [2.45, 2.75) is 6.92 Å². The summed E-state index contributed by atoms with van der Waals surface area (Å²) in [5.74, 6) is 0. The molecule has 0 aliphatic rings. The molecule has 0 bridgehead atoms. The van der Waals surface area contributed by atoms with Gasteiger partial charge in [-0.05, 0) is 51.4 Å². The van der Waals surface area contributed by atoms with Crippen molar-refractivity contribution >= 4 is 15.9 Å². The van der Waals surface area contributed by atoms with Gasteiger partial charge in [0.15, 0.2) is 0 Å². The Labute approximate surface area is 193 Å². The van der Waals surface area contributed by atoms with Crippen LogP contribution in [0.15, 0.2) is 83.6 Å². The molecule has 4 aromatic rings. The average Bonchev–Trinajstić information content (AvgIpc) is 2.77. The molecule has 1 radical (unpaired) electrons. The van der Waals surface area contributed by atoms with Crippen molar-refractivity contribution in [1.82, 2.24) is 9.97 Å². The number of pyridine rings is 2. The quantitative estimate of drug-likeness (QED) is 0.258. The fourth-order valence-corrected chi connectivity index (χ4v) is 2.63. The molecule has 0 spiro atoms. The van der Waals surface area contributed by atoms with Gasteiger partial charge >= 0.3 is 0 Å². The second-order valence-electron chi connectivity index (χ2n) is 5.91. The van der Waals surface area contributed by atoms with Gasteiger partial charge in [0.25, 0.3) is 0 Å². The van der Waals surface area contributed by atoms with Gasteiger partial charge in [-0.1, -0.05) is 18.2 Å². The topological polar surface area (TPSA) is 49.6 Å². The molecule has 0 aliphatic heterocycles. The van der Waals surface area contributed by atoms with E-state index in [-0.39, 0.29) is 20.1 Å². The van der Waals surface area contributed by atoms with Crippen molar-refractivity contribution in [2.75, 3.05) is 0 Å². The third-order valence-corrected chi connectivity index (χ3v) is 4.74. The van der Waals surface area contributed by atoms with Crippen molar-refractivity contribution in [3.05, 3.63) is 107 Å². The molecular formula is C24H16BrIrN3-2. The Hall–Kier alpha value is -2.64. The summed E-state index contributed by atoms with van der Waals surface area (Å²) in [6, 6.07) is 29.2. The van der Waals surface area contributed by atoms with Gasteiger partial charge in [0.2, 0.25) is 0 Å². The summed E-state index contributed by atoms with van der Waals surface area (Å²) in [4.78, 5) is 8.52. The number of rotatable bonds is 2. The van der Waals surface area contributed by atoms with Crippen LogP contribution in [-0.4, -0.2) is 9.97 Å². The molecule has 29 heavy (non-hydrogen) atoms. The largest absolute Gasteiger partial charge is 0.305 e. The van der Waals surface area contributed by atoms with Gasteiger partial charge < -0.3 is 9.97 Å². The number of hydrogen-bond acceptors (Lipinski definition) is 3. The van der Waals surface area contributed by atoms with Gasteiger partial charge in [-0.15, -0.1) is 65.7 Å². The molecule has 2 aromatic carbocycles. The number of hydrogen-bond donors (Lipinski definition) is 0. The van der Waals surface area contributed by atoms with E-state index in [1.165, 1.54) is 0 Å². The zero-order chi connectivity index (χ0) is 19.8. The summed E-state index contributed by atoms with van der Waals surface area (Å²) >= 11 is 3.41. The smallest absolute Gasteiger partial charge is 0.0476 e. The third-order valence-electron chi connectivity index (χ3n) is 3.91. The standard InChI is InChI=1S/C13H8BrN2.C11H8N.Ir/c1-9-6-13(16-8-12(9)14)11-4-2-10(7-15)3-5-11;1-2-6-10(7-3-1)11-8-4-5-9-12-11;/h2-4,6,8H,1H3;1-6,8-9H;/q2*-1;. The van der Waals surface area contributed by atoms with E-state index in [1.54, 1.807) is 24.5 Å². The fraction of sp³-hybridized carbons (Fsp3) is 0.0417. The third kappa shape index (κ3) is 6.44. The van der Waals surface area contributed by atoms with E-state index in [0.717, 1.165) is 32.6 Å². The minimum absolute atomic E-state index is 0. The van der Waals surface area contributed by atoms with Crippen LogP contribution in [0.2, 0.25) is 0 Å². The van der Waals surface area contributed by atoms with E-state index >= 15 is 0 Å². The summed E-state index contributed by atoms with van der Waals surface area (Å²) in [6.45, 7) is 2.01. The number of nitriles is 1. The maximum absolute atomic E-state index is 8.69. The first-order valence-corrected chi connectivity index (χ1v) is 9.39. The molecule has 5 heteroatoms. The van der Waals surface area contributed by atoms with Crippen LogP contribution in [-0.2, 0) is 20.1 Å². The van der Waals surface area contributed by atoms with Gasteiger partial charge in [0.05, 0.1) is 0 Å². The fourth-order valence-electron chi connectivity index (χ4n) is 2.42. The summed E-state index contributed by atoms with van der Waals surface area (Å²) in [5, 5.41) is 8.69. The van der Waals surface area contributed by atoms with E-state index < -0.39 is 0 Å². The van der Waals surface area contributed by atoms with Gasteiger partial charge in [-0.2, -0.15) is 0 Å². The van der Waals surface area contributed by atoms with E-state index in [1.807, 2.05) is 61.5 Å². The summed E-state index contributed by atoms with van der Waals surface area (Å²) < 4.78 is 0.991. The van der Waals surface area contributed by atoms with Gasteiger partial charge in [0.1, 0.15) is 0 Å². The number of halogens is 1. The predicted molar refractivity (Wildman–Crippen MR) is 114 cm³/mol. The van der Waals surface area contributed by atoms with E-state index in [4.69, 9.17) is 5.26 Å². The Morgan fingerprint density at radius 2 is 1.72 bits per heavy atom. The molecule has 0 saturated heterocycles. The molecule has 2 aromatic heterocycles. The molecule has 0 unspecified atom stereocenters. The molecule has 0 saturated carbocycles. The first-order valence-electron chi connectivity index (χ1n) is 8.60. The second-order valence-corrected chi connectivity index (χ2v) is 6.77. The SMILES string of the molecule is Cc1cc(-c2[c-]cc(C#N)cc2)ncc1Br.[Ir].[c-]1ccccc1-c1ccccn1. The molecule has 0 aliphatic carbocycles. The van der Waals surface area contributed by atoms with Gasteiger partial charge in [-0.25, -0.2) is 5.26 Å². The molecule has 0 atom stereocenters. The molecule has 145 valence electrons. The maximum Gasteiger partial charge on any atom is 0.0476 e.